The predicted octanol–water partition coefficient (Wildman–Crippen LogP) is 0.132. The van der Waals surface area contributed by atoms with Crippen LogP contribution in [-0.4, -0.2) is 54.5 Å². The molecule has 0 aromatic rings. The van der Waals surface area contributed by atoms with Gasteiger partial charge in [0.05, 0.1) is 0 Å². The number of nitrogens with two attached hydrogens (primary N) is 1. The molecular weight excluding hydrogens is 190 g/mol. The van der Waals surface area contributed by atoms with Crippen LogP contribution in [0.5, 0.6) is 0 Å². The van der Waals surface area contributed by atoms with E-state index in [2.05, 4.69) is 25.7 Å². The molecule has 1 aliphatic heterocycles. The quantitative estimate of drug-likeness (QED) is 0.709. The summed E-state index contributed by atoms with van der Waals surface area (Å²) in [7, 11) is 1.87. The summed E-state index contributed by atoms with van der Waals surface area (Å²) in [6.07, 6.45) is 0. The Morgan fingerprint density at radius 2 is 2.07 bits per heavy atom. The van der Waals surface area contributed by atoms with Crippen molar-refractivity contribution in [2.75, 3.05) is 26.7 Å². The number of carbonyl (C=O) groups is 1. The molecule has 2 unspecified atom stereocenters. The summed E-state index contributed by atoms with van der Waals surface area (Å²) in [5.41, 5.74) is 5.71. The Hall–Kier alpha value is -0.610. The standard InChI is InChI=1S/C11H23N3O/c1-8(2)14-7-9(3)6-13(4)11(15)10(14)5-12/h8-10H,5-7,12H2,1-4H3. The zero-order valence-corrected chi connectivity index (χ0v) is 10.2. The van der Waals surface area contributed by atoms with Gasteiger partial charge in [0, 0.05) is 32.7 Å². The van der Waals surface area contributed by atoms with Gasteiger partial charge in [0.2, 0.25) is 5.91 Å². The van der Waals surface area contributed by atoms with Gasteiger partial charge in [-0.25, -0.2) is 0 Å². The number of rotatable bonds is 2. The minimum Gasteiger partial charge on any atom is -0.344 e. The van der Waals surface area contributed by atoms with Crippen LogP contribution in [0.25, 0.3) is 0 Å². The molecule has 4 nitrogen and oxygen atoms in total. The molecule has 4 heteroatoms. The first kappa shape index (κ1) is 12.5. The molecule has 2 atom stereocenters. The minimum atomic E-state index is -0.139. The highest BCUT2D eigenvalue weighted by Crippen LogP contribution is 2.16. The van der Waals surface area contributed by atoms with Gasteiger partial charge < -0.3 is 10.6 Å². The second-order valence-corrected chi connectivity index (χ2v) is 4.87. The van der Waals surface area contributed by atoms with Gasteiger partial charge in [-0.2, -0.15) is 0 Å². The summed E-state index contributed by atoms with van der Waals surface area (Å²) >= 11 is 0. The van der Waals surface area contributed by atoms with E-state index in [1.807, 2.05) is 11.9 Å². The molecule has 1 heterocycles. The van der Waals surface area contributed by atoms with Crippen LogP contribution in [0.2, 0.25) is 0 Å². The molecule has 0 radical (unpaired) electrons. The number of carbonyl (C=O) groups excluding carboxylic acids is 1. The number of likely N-dealkylation sites (N-methyl/N-ethyl adjacent to an activating group) is 1. The van der Waals surface area contributed by atoms with Crippen LogP contribution in [0.3, 0.4) is 0 Å². The molecule has 0 saturated carbocycles. The molecule has 1 amide bonds. The fraction of sp³-hybridized carbons (Fsp3) is 0.909. The lowest BCUT2D eigenvalue weighted by Gasteiger charge is -2.32. The first-order valence-corrected chi connectivity index (χ1v) is 5.68. The average molecular weight is 213 g/mol. The Balaban J connectivity index is 2.89. The molecule has 88 valence electrons. The van der Waals surface area contributed by atoms with Crippen LogP contribution in [0, 0.1) is 5.92 Å². The highest BCUT2D eigenvalue weighted by Gasteiger charge is 2.33. The van der Waals surface area contributed by atoms with E-state index < -0.39 is 0 Å². The molecule has 1 rings (SSSR count). The van der Waals surface area contributed by atoms with Gasteiger partial charge in [-0.1, -0.05) is 6.92 Å². The van der Waals surface area contributed by atoms with Crippen molar-refractivity contribution in [1.82, 2.24) is 9.80 Å². The SMILES string of the molecule is CC1CN(C)C(=O)C(CN)N(C(C)C)C1. The van der Waals surface area contributed by atoms with E-state index in [1.165, 1.54) is 0 Å². The van der Waals surface area contributed by atoms with Crippen molar-refractivity contribution in [1.29, 1.82) is 0 Å². The van der Waals surface area contributed by atoms with Crippen molar-refractivity contribution in [3.05, 3.63) is 0 Å². The van der Waals surface area contributed by atoms with Crippen molar-refractivity contribution in [2.45, 2.75) is 32.9 Å². The molecule has 2 N–H and O–H groups in total. The molecule has 1 fully saturated rings. The van der Waals surface area contributed by atoms with Gasteiger partial charge in [0.15, 0.2) is 0 Å². The molecule has 1 aliphatic rings. The van der Waals surface area contributed by atoms with E-state index in [4.69, 9.17) is 5.73 Å². The van der Waals surface area contributed by atoms with Gasteiger partial charge in [0.25, 0.3) is 0 Å². The fourth-order valence-electron chi connectivity index (χ4n) is 2.31. The molecule has 15 heavy (non-hydrogen) atoms. The normalized spacial score (nSPS) is 29.7. The second-order valence-electron chi connectivity index (χ2n) is 4.87. The minimum absolute atomic E-state index is 0.139. The molecule has 1 saturated heterocycles. The van der Waals surface area contributed by atoms with E-state index in [0.717, 1.165) is 13.1 Å². The number of hydrogen-bond acceptors (Lipinski definition) is 3. The van der Waals surface area contributed by atoms with E-state index in [9.17, 15) is 4.79 Å². The lowest BCUT2D eigenvalue weighted by atomic mass is 10.1. The van der Waals surface area contributed by atoms with Gasteiger partial charge in [-0.15, -0.1) is 0 Å². The van der Waals surface area contributed by atoms with Crippen molar-refractivity contribution in [3.63, 3.8) is 0 Å². The Morgan fingerprint density at radius 1 is 1.47 bits per heavy atom. The monoisotopic (exact) mass is 213 g/mol. The summed E-state index contributed by atoms with van der Waals surface area (Å²) < 4.78 is 0. The maximum absolute atomic E-state index is 12.0. The van der Waals surface area contributed by atoms with E-state index >= 15 is 0 Å². The summed E-state index contributed by atoms with van der Waals surface area (Å²) in [6, 6.07) is 0.233. The van der Waals surface area contributed by atoms with Crippen LogP contribution in [0.15, 0.2) is 0 Å². The molecule has 0 spiro atoms. The smallest absolute Gasteiger partial charge is 0.240 e. The molecular formula is C11H23N3O. The Bertz CT molecular complexity index is 230. The summed E-state index contributed by atoms with van der Waals surface area (Å²) in [4.78, 5) is 16.1. The molecule has 0 aliphatic carbocycles. The highest BCUT2D eigenvalue weighted by molar-refractivity contribution is 5.82. The maximum Gasteiger partial charge on any atom is 0.240 e. The lowest BCUT2D eigenvalue weighted by molar-refractivity contribution is -0.134. The summed E-state index contributed by atoms with van der Waals surface area (Å²) in [5, 5.41) is 0. The summed E-state index contributed by atoms with van der Waals surface area (Å²) in [5.74, 6) is 0.674. The zero-order valence-electron chi connectivity index (χ0n) is 10.2. The van der Waals surface area contributed by atoms with Crippen LogP contribution in [-0.2, 0) is 4.79 Å². The van der Waals surface area contributed by atoms with Crippen LogP contribution >= 0.6 is 0 Å². The third-order valence-electron chi connectivity index (χ3n) is 3.06. The fourth-order valence-corrected chi connectivity index (χ4v) is 2.31. The Morgan fingerprint density at radius 3 is 2.53 bits per heavy atom. The largest absolute Gasteiger partial charge is 0.344 e. The third-order valence-corrected chi connectivity index (χ3v) is 3.06. The van der Waals surface area contributed by atoms with E-state index in [1.54, 1.807) is 0 Å². The summed E-state index contributed by atoms with van der Waals surface area (Å²) in [6.45, 7) is 8.61. The lowest BCUT2D eigenvalue weighted by Crippen LogP contribution is -2.51. The van der Waals surface area contributed by atoms with Crippen LogP contribution < -0.4 is 5.73 Å². The average Bonchev–Trinajstić information content (AvgIpc) is 2.25. The molecule has 0 aromatic heterocycles. The number of nitrogens with zero attached hydrogens (tertiary/aromatic N) is 2. The highest BCUT2D eigenvalue weighted by atomic mass is 16.2. The Labute approximate surface area is 92.4 Å². The van der Waals surface area contributed by atoms with Crippen molar-refractivity contribution in [3.8, 4) is 0 Å². The van der Waals surface area contributed by atoms with E-state index in [0.29, 0.717) is 18.5 Å². The molecule has 0 aromatic carbocycles. The first-order valence-electron chi connectivity index (χ1n) is 5.68. The van der Waals surface area contributed by atoms with Crippen molar-refractivity contribution < 1.29 is 4.79 Å². The van der Waals surface area contributed by atoms with Crippen molar-refractivity contribution in [2.24, 2.45) is 11.7 Å². The zero-order chi connectivity index (χ0) is 11.6. The van der Waals surface area contributed by atoms with Gasteiger partial charge in [-0.05, 0) is 19.8 Å². The Kier molecular flexibility index (Phi) is 4.11. The maximum atomic E-state index is 12.0. The predicted molar refractivity (Wildman–Crippen MR) is 61.5 cm³/mol. The van der Waals surface area contributed by atoms with Gasteiger partial charge >= 0.3 is 0 Å². The number of hydrogen-bond donors (Lipinski definition) is 1. The third kappa shape index (κ3) is 2.69. The topological polar surface area (TPSA) is 49.6 Å². The number of amides is 1. The first-order chi connectivity index (χ1) is 6.97. The van der Waals surface area contributed by atoms with E-state index in [-0.39, 0.29) is 11.9 Å². The van der Waals surface area contributed by atoms with Gasteiger partial charge in [-0.3, -0.25) is 9.69 Å². The van der Waals surface area contributed by atoms with Crippen LogP contribution in [0.4, 0.5) is 0 Å². The molecule has 0 bridgehead atoms. The van der Waals surface area contributed by atoms with Crippen molar-refractivity contribution >= 4 is 5.91 Å². The van der Waals surface area contributed by atoms with Crippen LogP contribution in [0.1, 0.15) is 20.8 Å². The second kappa shape index (κ2) is 4.94. The van der Waals surface area contributed by atoms with Gasteiger partial charge in [0.1, 0.15) is 6.04 Å².